The van der Waals surface area contributed by atoms with Crippen LogP contribution in [0.25, 0.3) is 0 Å². The number of benzene rings is 2. The van der Waals surface area contributed by atoms with Gasteiger partial charge in [0.2, 0.25) is 5.56 Å². The SMILES string of the molecule is CCN(c1ccccc1)S(=O)(=O)c1ccc(OCC(F)(F)F)c(NC(=O)c2ccc(=O)[nH]c2)c1. The number of rotatable bonds is 8. The summed E-state index contributed by atoms with van der Waals surface area (Å²) in [6, 6.07) is 13.7. The molecule has 0 saturated heterocycles. The number of hydrogen-bond donors (Lipinski definition) is 2. The summed E-state index contributed by atoms with van der Waals surface area (Å²) >= 11 is 0. The Bertz CT molecular complexity index is 1310. The largest absolute Gasteiger partial charge is 0.482 e. The Hall–Kier alpha value is -3.80. The standard InChI is InChI=1S/C22H20F3N3O5S/c1-2-28(16-6-4-3-5-7-16)34(31,32)17-9-10-19(33-14-22(23,24)25)18(12-17)27-21(30)15-8-11-20(29)26-13-15/h3-13H,2,14H2,1H3,(H,26,29)(H,27,30). The summed E-state index contributed by atoms with van der Waals surface area (Å²) in [5, 5.41) is 2.36. The number of alkyl halides is 3. The lowest BCUT2D eigenvalue weighted by Crippen LogP contribution is -2.30. The summed E-state index contributed by atoms with van der Waals surface area (Å²) in [4.78, 5) is 25.8. The third kappa shape index (κ3) is 5.95. The maximum Gasteiger partial charge on any atom is 0.422 e. The Labute approximate surface area is 193 Å². The van der Waals surface area contributed by atoms with Gasteiger partial charge >= 0.3 is 6.18 Å². The van der Waals surface area contributed by atoms with Crippen molar-refractivity contribution in [3.63, 3.8) is 0 Å². The molecule has 180 valence electrons. The van der Waals surface area contributed by atoms with Crippen LogP contribution in [-0.2, 0) is 10.0 Å². The Morgan fingerprint density at radius 3 is 2.38 bits per heavy atom. The summed E-state index contributed by atoms with van der Waals surface area (Å²) in [6.07, 6.45) is -3.54. The van der Waals surface area contributed by atoms with E-state index in [-0.39, 0.29) is 28.4 Å². The number of ether oxygens (including phenoxy) is 1. The Morgan fingerprint density at radius 2 is 1.79 bits per heavy atom. The van der Waals surface area contributed by atoms with Crippen LogP contribution in [0.5, 0.6) is 5.75 Å². The van der Waals surface area contributed by atoms with Gasteiger partial charge in [-0.1, -0.05) is 18.2 Å². The van der Waals surface area contributed by atoms with Gasteiger partial charge in [-0.25, -0.2) is 8.42 Å². The number of para-hydroxylation sites is 1. The van der Waals surface area contributed by atoms with Gasteiger partial charge in [0, 0.05) is 18.8 Å². The van der Waals surface area contributed by atoms with Gasteiger partial charge in [-0.15, -0.1) is 0 Å². The molecule has 2 aromatic carbocycles. The third-order valence-electron chi connectivity index (χ3n) is 4.56. The fourth-order valence-electron chi connectivity index (χ4n) is 3.01. The van der Waals surface area contributed by atoms with Crippen LogP contribution < -0.4 is 19.9 Å². The lowest BCUT2D eigenvalue weighted by atomic mass is 10.2. The van der Waals surface area contributed by atoms with E-state index in [0.29, 0.717) is 5.69 Å². The highest BCUT2D eigenvalue weighted by atomic mass is 32.2. The molecule has 3 rings (SSSR count). The number of anilines is 2. The zero-order chi connectivity index (χ0) is 24.9. The number of nitrogens with zero attached hydrogens (tertiary/aromatic N) is 1. The minimum atomic E-state index is -4.66. The molecule has 3 aromatic rings. The first-order valence-corrected chi connectivity index (χ1v) is 11.4. The fraction of sp³-hybridized carbons (Fsp3) is 0.182. The molecule has 0 aliphatic rings. The molecule has 0 bridgehead atoms. The molecule has 0 radical (unpaired) electrons. The maximum atomic E-state index is 13.3. The molecule has 0 unspecified atom stereocenters. The average Bonchev–Trinajstić information content (AvgIpc) is 2.79. The number of H-pyrrole nitrogens is 1. The predicted molar refractivity (Wildman–Crippen MR) is 120 cm³/mol. The molecule has 2 N–H and O–H groups in total. The number of aromatic nitrogens is 1. The molecule has 0 spiro atoms. The second-order valence-corrected chi connectivity index (χ2v) is 8.83. The summed E-state index contributed by atoms with van der Waals surface area (Å²) in [7, 11) is -4.14. The summed E-state index contributed by atoms with van der Waals surface area (Å²) < 4.78 is 70.6. The minimum Gasteiger partial charge on any atom is -0.482 e. The van der Waals surface area contributed by atoms with Crippen molar-refractivity contribution < 1.29 is 31.1 Å². The van der Waals surface area contributed by atoms with Crippen molar-refractivity contribution >= 4 is 27.3 Å². The van der Waals surface area contributed by atoms with E-state index in [1.807, 2.05) is 0 Å². The lowest BCUT2D eigenvalue weighted by Gasteiger charge is -2.23. The maximum absolute atomic E-state index is 13.3. The number of hydrogen-bond acceptors (Lipinski definition) is 5. The van der Waals surface area contributed by atoms with Gasteiger partial charge in [-0.05, 0) is 43.3 Å². The first-order valence-electron chi connectivity index (χ1n) is 9.93. The first kappa shape index (κ1) is 24.8. The van der Waals surface area contributed by atoms with Crippen LogP contribution in [0.1, 0.15) is 17.3 Å². The van der Waals surface area contributed by atoms with E-state index in [9.17, 15) is 31.2 Å². The average molecular weight is 495 g/mol. The van der Waals surface area contributed by atoms with Crippen molar-refractivity contribution in [1.82, 2.24) is 4.98 Å². The summed E-state index contributed by atoms with van der Waals surface area (Å²) in [6.45, 7) is 0.0632. The van der Waals surface area contributed by atoms with Gasteiger partial charge in [0.25, 0.3) is 15.9 Å². The van der Waals surface area contributed by atoms with Crippen molar-refractivity contribution in [1.29, 1.82) is 0 Å². The number of carbonyl (C=O) groups excluding carboxylic acids is 1. The molecule has 0 aliphatic carbocycles. The molecule has 1 heterocycles. The van der Waals surface area contributed by atoms with Crippen molar-refractivity contribution in [3.8, 4) is 5.75 Å². The van der Waals surface area contributed by atoms with Crippen LogP contribution in [0.15, 0.2) is 76.6 Å². The second-order valence-electron chi connectivity index (χ2n) is 6.96. The molecule has 0 saturated carbocycles. The van der Waals surface area contributed by atoms with Crippen molar-refractivity contribution in [2.45, 2.75) is 18.0 Å². The van der Waals surface area contributed by atoms with E-state index in [1.54, 1.807) is 37.3 Å². The Kier molecular flexibility index (Phi) is 7.30. The van der Waals surface area contributed by atoms with E-state index >= 15 is 0 Å². The normalized spacial score (nSPS) is 11.6. The van der Waals surface area contributed by atoms with Gasteiger partial charge in [0.15, 0.2) is 6.61 Å². The highest BCUT2D eigenvalue weighted by Gasteiger charge is 2.30. The van der Waals surface area contributed by atoms with Crippen molar-refractivity contribution in [3.05, 3.63) is 82.8 Å². The minimum absolute atomic E-state index is 0.00546. The predicted octanol–water partition coefficient (Wildman–Crippen LogP) is 3.78. The van der Waals surface area contributed by atoms with Gasteiger partial charge in [0.05, 0.1) is 21.8 Å². The molecular formula is C22H20F3N3O5S. The van der Waals surface area contributed by atoms with Gasteiger partial charge in [-0.3, -0.25) is 13.9 Å². The number of aromatic amines is 1. The highest BCUT2D eigenvalue weighted by Crippen LogP contribution is 2.32. The Morgan fingerprint density at radius 1 is 1.09 bits per heavy atom. The summed E-state index contributed by atoms with van der Waals surface area (Å²) in [5.41, 5.74) is -0.361. The van der Waals surface area contributed by atoms with Crippen molar-refractivity contribution in [2.75, 3.05) is 22.8 Å². The van der Waals surface area contributed by atoms with Gasteiger partial charge in [0.1, 0.15) is 5.75 Å². The van der Waals surface area contributed by atoms with E-state index in [2.05, 4.69) is 10.3 Å². The van der Waals surface area contributed by atoms with Gasteiger partial charge in [-0.2, -0.15) is 13.2 Å². The number of amides is 1. The molecule has 1 amide bonds. The van der Waals surface area contributed by atoms with Crippen LogP contribution in [0.2, 0.25) is 0 Å². The smallest absolute Gasteiger partial charge is 0.422 e. The van der Waals surface area contributed by atoms with Crippen LogP contribution in [-0.4, -0.2) is 38.6 Å². The topological polar surface area (TPSA) is 109 Å². The quantitative estimate of drug-likeness (QED) is 0.495. The molecule has 0 atom stereocenters. The molecule has 0 fully saturated rings. The molecule has 12 heteroatoms. The van der Waals surface area contributed by atoms with E-state index in [4.69, 9.17) is 4.74 Å². The monoisotopic (exact) mass is 495 g/mol. The Balaban J connectivity index is 2.01. The summed E-state index contributed by atoms with van der Waals surface area (Å²) in [5.74, 6) is -1.17. The fourth-order valence-corrected chi connectivity index (χ4v) is 4.51. The molecule has 8 nitrogen and oxygen atoms in total. The van der Waals surface area contributed by atoms with Gasteiger partial charge < -0.3 is 15.0 Å². The van der Waals surface area contributed by atoms with E-state index in [0.717, 1.165) is 34.8 Å². The highest BCUT2D eigenvalue weighted by molar-refractivity contribution is 7.92. The molecular weight excluding hydrogens is 475 g/mol. The zero-order valence-electron chi connectivity index (χ0n) is 17.8. The second kappa shape index (κ2) is 10.00. The van der Waals surface area contributed by atoms with E-state index < -0.39 is 34.3 Å². The molecule has 1 aromatic heterocycles. The van der Waals surface area contributed by atoms with Crippen LogP contribution in [0.4, 0.5) is 24.5 Å². The van der Waals surface area contributed by atoms with Crippen LogP contribution in [0, 0.1) is 0 Å². The first-order chi connectivity index (χ1) is 16.0. The number of halogens is 3. The number of sulfonamides is 1. The van der Waals surface area contributed by atoms with Crippen LogP contribution in [0.3, 0.4) is 0 Å². The number of nitrogens with one attached hydrogen (secondary N) is 2. The molecule has 0 aliphatic heterocycles. The zero-order valence-corrected chi connectivity index (χ0v) is 18.6. The lowest BCUT2D eigenvalue weighted by molar-refractivity contribution is -0.153. The van der Waals surface area contributed by atoms with Crippen molar-refractivity contribution in [2.24, 2.45) is 0 Å². The molecule has 34 heavy (non-hydrogen) atoms. The number of pyridine rings is 1. The third-order valence-corrected chi connectivity index (χ3v) is 6.46. The number of carbonyl (C=O) groups is 1. The van der Waals surface area contributed by atoms with Crippen LogP contribution >= 0.6 is 0 Å². The van der Waals surface area contributed by atoms with E-state index in [1.165, 1.54) is 6.07 Å².